The summed E-state index contributed by atoms with van der Waals surface area (Å²) in [5, 5.41) is 14.3. The van der Waals surface area contributed by atoms with Crippen LogP contribution in [-0.2, 0) is 18.0 Å². The average Bonchev–Trinajstić information content (AvgIpc) is 2.65. The van der Waals surface area contributed by atoms with E-state index in [9.17, 15) is 31.4 Å². The van der Waals surface area contributed by atoms with Gasteiger partial charge in [0.05, 0.1) is 16.7 Å². The first-order valence-electron chi connectivity index (χ1n) is 9.33. The van der Waals surface area contributed by atoms with Crippen molar-refractivity contribution in [2.45, 2.75) is 49.8 Å². The summed E-state index contributed by atoms with van der Waals surface area (Å²) in [5.41, 5.74) is -2.66. The second-order valence-electron chi connectivity index (χ2n) is 7.62. The van der Waals surface area contributed by atoms with Crippen molar-refractivity contribution in [1.82, 2.24) is 5.32 Å². The van der Waals surface area contributed by atoms with Gasteiger partial charge in [0.15, 0.2) is 0 Å². The van der Waals surface area contributed by atoms with Gasteiger partial charge in [0, 0.05) is 12.1 Å². The molecule has 164 valence electrons. The highest BCUT2D eigenvalue weighted by atomic mass is 19.4. The molecule has 9 heteroatoms. The molecule has 2 N–H and O–H groups in total. The predicted octanol–water partition coefficient (Wildman–Crippen LogP) is 5.13. The quantitative estimate of drug-likeness (QED) is 0.657. The third kappa shape index (κ3) is 5.26. The number of ether oxygens (including phenoxy) is 1. The Hall–Kier alpha value is -2.26. The molecule has 0 amide bonds. The van der Waals surface area contributed by atoms with Crippen molar-refractivity contribution in [1.29, 1.82) is 0 Å². The molecule has 3 unspecified atom stereocenters. The minimum Gasteiger partial charge on any atom is -0.492 e. The van der Waals surface area contributed by atoms with E-state index < -0.39 is 35.1 Å². The number of rotatable bonds is 4. The second kappa shape index (κ2) is 8.11. The van der Waals surface area contributed by atoms with Gasteiger partial charge in [0.2, 0.25) is 0 Å². The van der Waals surface area contributed by atoms with Crippen LogP contribution in [-0.4, -0.2) is 23.8 Å². The Labute approximate surface area is 169 Å². The summed E-state index contributed by atoms with van der Waals surface area (Å²) in [6.45, 7) is 1.81. The topological polar surface area (TPSA) is 41.5 Å². The molecular weight excluding hydrogens is 412 g/mol. The van der Waals surface area contributed by atoms with Crippen LogP contribution in [0.4, 0.5) is 26.3 Å². The first-order chi connectivity index (χ1) is 13.9. The lowest BCUT2D eigenvalue weighted by Gasteiger charge is -2.41. The SMILES string of the molecule is CC1CC(O)(c2ccc(C(F)(F)F)cc2)CC(COc2cccc(C(F)(F)F)c2)N1. The normalized spacial score (nSPS) is 25.2. The minimum atomic E-state index is -4.49. The van der Waals surface area contributed by atoms with E-state index in [2.05, 4.69) is 5.32 Å². The summed E-state index contributed by atoms with van der Waals surface area (Å²) in [6, 6.07) is 8.26. The fraction of sp³-hybridized carbons (Fsp3) is 0.429. The summed E-state index contributed by atoms with van der Waals surface area (Å²) < 4.78 is 82.4. The summed E-state index contributed by atoms with van der Waals surface area (Å²) in [5.74, 6) is 0.0444. The maximum atomic E-state index is 12.8. The van der Waals surface area contributed by atoms with Crippen molar-refractivity contribution < 1.29 is 36.2 Å². The minimum absolute atomic E-state index is 0.00536. The number of alkyl halides is 6. The van der Waals surface area contributed by atoms with Crippen molar-refractivity contribution >= 4 is 0 Å². The van der Waals surface area contributed by atoms with Crippen molar-refractivity contribution in [2.75, 3.05) is 6.61 Å². The molecule has 0 bridgehead atoms. The predicted molar refractivity (Wildman–Crippen MR) is 97.9 cm³/mol. The van der Waals surface area contributed by atoms with Crippen molar-refractivity contribution in [3.63, 3.8) is 0 Å². The van der Waals surface area contributed by atoms with Crippen LogP contribution in [0.2, 0.25) is 0 Å². The molecule has 1 aliphatic heterocycles. The number of hydrogen-bond donors (Lipinski definition) is 2. The van der Waals surface area contributed by atoms with Crippen molar-refractivity contribution in [2.24, 2.45) is 0 Å². The Morgan fingerprint density at radius 3 is 2.20 bits per heavy atom. The lowest BCUT2D eigenvalue weighted by molar-refractivity contribution is -0.138. The van der Waals surface area contributed by atoms with Gasteiger partial charge in [-0.15, -0.1) is 0 Å². The molecule has 1 saturated heterocycles. The van der Waals surface area contributed by atoms with E-state index in [0.29, 0.717) is 5.56 Å². The molecule has 30 heavy (non-hydrogen) atoms. The van der Waals surface area contributed by atoms with Crippen LogP contribution in [0.3, 0.4) is 0 Å². The van der Waals surface area contributed by atoms with Crippen molar-refractivity contribution in [3.05, 3.63) is 65.2 Å². The molecule has 0 spiro atoms. The van der Waals surface area contributed by atoms with Crippen LogP contribution < -0.4 is 10.1 Å². The molecule has 0 aromatic heterocycles. The summed E-state index contributed by atoms with van der Waals surface area (Å²) >= 11 is 0. The Bertz CT molecular complexity index is 865. The van der Waals surface area contributed by atoms with E-state index in [-0.39, 0.29) is 31.2 Å². The van der Waals surface area contributed by atoms with E-state index in [0.717, 1.165) is 24.3 Å². The summed E-state index contributed by atoms with van der Waals surface area (Å²) in [4.78, 5) is 0. The largest absolute Gasteiger partial charge is 0.492 e. The average molecular weight is 433 g/mol. The van der Waals surface area contributed by atoms with Gasteiger partial charge in [-0.2, -0.15) is 26.3 Å². The number of benzene rings is 2. The number of aliphatic hydroxyl groups is 1. The Morgan fingerprint density at radius 1 is 0.967 bits per heavy atom. The van der Waals surface area contributed by atoms with E-state index in [4.69, 9.17) is 4.74 Å². The fourth-order valence-corrected chi connectivity index (χ4v) is 3.79. The number of nitrogens with one attached hydrogen (secondary N) is 1. The highest BCUT2D eigenvalue weighted by Gasteiger charge is 2.40. The van der Waals surface area contributed by atoms with Gasteiger partial charge in [0.1, 0.15) is 12.4 Å². The van der Waals surface area contributed by atoms with Crippen molar-refractivity contribution in [3.8, 4) is 5.75 Å². The van der Waals surface area contributed by atoms with Crippen LogP contribution in [0.1, 0.15) is 36.5 Å². The van der Waals surface area contributed by atoms with Gasteiger partial charge in [-0.25, -0.2) is 0 Å². The van der Waals surface area contributed by atoms with Crippen LogP contribution in [0, 0.1) is 0 Å². The number of halogens is 6. The first-order valence-corrected chi connectivity index (χ1v) is 9.33. The van der Waals surface area contributed by atoms with Gasteiger partial charge in [-0.05, 0) is 55.7 Å². The molecule has 2 aromatic rings. The third-order valence-electron chi connectivity index (χ3n) is 5.11. The molecular formula is C21H21F6NO2. The third-order valence-corrected chi connectivity index (χ3v) is 5.11. The van der Waals surface area contributed by atoms with E-state index in [1.807, 2.05) is 6.92 Å². The molecule has 0 radical (unpaired) electrons. The molecule has 1 heterocycles. The number of piperidine rings is 1. The lowest BCUT2D eigenvalue weighted by atomic mass is 9.79. The molecule has 2 aromatic carbocycles. The monoisotopic (exact) mass is 433 g/mol. The zero-order valence-electron chi connectivity index (χ0n) is 16.0. The Kier molecular flexibility index (Phi) is 6.06. The van der Waals surface area contributed by atoms with E-state index in [1.54, 1.807) is 0 Å². The highest BCUT2D eigenvalue weighted by molar-refractivity contribution is 5.31. The Morgan fingerprint density at radius 2 is 1.60 bits per heavy atom. The smallest absolute Gasteiger partial charge is 0.416 e. The number of hydrogen-bond acceptors (Lipinski definition) is 3. The molecule has 1 aliphatic rings. The summed E-state index contributed by atoms with van der Waals surface area (Å²) in [7, 11) is 0. The molecule has 3 atom stereocenters. The summed E-state index contributed by atoms with van der Waals surface area (Å²) in [6.07, 6.45) is -8.54. The molecule has 3 rings (SSSR count). The van der Waals surface area contributed by atoms with Crippen LogP contribution in [0.15, 0.2) is 48.5 Å². The first kappa shape index (κ1) is 22.4. The molecule has 0 saturated carbocycles. The zero-order chi connectivity index (χ0) is 22.2. The highest BCUT2D eigenvalue weighted by Crippen LogP contribution is 2.37. The van der Waals surface area contributed by atoms with Gasteiger partial charge in [-0.1, -0.05) is 18.2 Å². The Balaban J connectivity index is 1.71. The van der Waals surface area contributed by atoms with E-state index in [1.165, 1.54) is 24.3 Å². The van der Waals surface area contributed by atoms with Gasteiger partial charge < -0.3 is 15.2 Å². The van der Waals surface area contributed by atoms with Crippen LogP contribution in [0.5, 0.6) is 5.75 Å². The molecule has 1 fully saturated rings. The lowest BCUT2D eigenvalue weighted by Crippen LogP contribution is -2.53. The fourth-order valence-electron chi connectivity index (χ4n) is 3.79. The molecule has 3 nitrogen and oxygen atoms in total. The van der Waals surface area contributed by atoms with Crippen LogP contribution >= 0.6 is 0 Å². The van der Waals surface area contributed by atoms with Gasteiger partial charge >= 0.3 is 12.4 Å². The van der Waals surface area contributed by atoms with E-state index >= 15 is 0 Å². The maximum Gasteiger partial charge on any atom is 0.416 e. The standard InChI is InChI=1S/C21H21F6NO2/c1-13-10-19(29,14-5-7-15(8-6-14)20(22,23)24)11-17(28-13)12-30-18-4-2-3-16(9-18)21(25,26)27/h2-9,13,17,28-29H,10-12H2,1H3. The maximum absolute atomic E-state index is 12.8. The molecule has 0 aliphatic carbocycles. The zero-order valence-corrected chi connectivity index (χ0v) is 16.0. The van der Waals surface area contributed by atoms with Crippen LogP contribution in [0.25, 0.3) is 0 Å². The van der Waals surface area contributed by atoms with Gasteiger partial charge in [0.25, 0.3) is 0 Å². The van der Waals surface area contributed by atoms with Gasteiger partial charge in [-0.3, -0.25) is 0 Å². The second-order valence-corrected chi connectivity index (χ2v) is 7.62.